The number of nitrogens with one attached hydrogen (secondary N) is 2. The molecule has 1 heterocycles. The third kappa shape index (κ3) is 4.42. The maximum Gasteiger partial charge on any atom is 0.229 e. The summed E-state index contributed by atoms with van der Waals surface area (Å²) in [4.78, 5) is 16.2. The first-order chi connectivity index (χ1) is 11.1. The van der Waals surface area contributed by atoms with Crippen LogP contribution in [0.2, 0.25) is 0 Å². The third-order valence-corrected chi connectivity index (χ3v) is 5.32. The van der Waals surface area contributed by atoms with Gasteiger partial charge in [-0.3, -0.25) is 4.79 Å². The minimum Gasteiger partial charge on any atom is -0.490 e. The number of aromatic nitrogens is 1. The first-order valence-electron chi connectivity index (χ1n) is 7.85. The molecule has 0 aliphatic heterocycles. The average Bonchev–Trinajstić information content (AvgIpc) is 3.11. The van der Waals surface area contributed by atoms with E-state index >= 15 is 0 Å². The first-order valence-corrected chi connectivity index (χ1v) is 9.08. The Kier molecular flexibility index (Phi) is 5.13. The quantitative estimate of drug-likeness (QED) is 0.776. The summed E-state index contributed by atoms with van der Waals surface area (Å²) in [6.07, 6.45) is 5.47. The van der Waals surface area contributed by atoms with Crippen LogP contribution in [0.1, 0.15) is 36.3 Å². The number of anilines is 1. The molecule has 0 bridgehead atoms. The van der Waals surface area contributed by atoms with Crippen LogP contribution in [0.25, 0.3) is 0 Å². The minimum atomic E-state index is -0.0391. The number of thiazole rings is 1. The lowest BCUT2D eigenvalue weighted by Gasteiger charge is -2.13. The van der Waals surface area contributed by atoms with Crippen LogP contribution in [0.4, 0.5) is 5.69 Å². The molecule has 0 saturated heterocycles. The van der Waals surface area contributed by atoms with Gasteiger partial charge in [-0.05, 0) is 69.1 Å². The highest BCUT2D eigenvalue weighted by Gasteiger charge is 2.16. The van der Waals surface area contributed by atoms with Crippen LogP contribution in [0.5, 0.6) is 5.75 Å². The Morgan fingerprint density at radius 3 is 2.65 bits per heavy atom. The Bertz CT molecular complexity index is 728. The number of hydrogen-bond donors (Lipinski definition) is 2. The Morgan fingerprint density at radius 1 is 1.35 bits per heavy atom. The van der Waals surface area contributed by atoms with E-state index in [0.29, 0.717) is 16.5 Å². The Hall–Kier alpha value is -1.66. The molecule has 23 heavy (non-hydrogen) atoms. The maximum absolute atomic E-state index is 12.1. The highest BCUT2D eigenvalue weighted by atomic mass is 32.1. The van der Waals surface area contributed by atoms with E-state index in [1.807, 2.05) is 31.2 Å². The SMILES string of the molecule is Cc1[nH]c(=S)sc1CC(=O)Nc1ccc(OC2CCCC2)cc1. The summed E-state index contributed by atoms with van der Waals surface area (Å²) in [6.45, 7) is 1.93. The van der Waals surface area contributed by atoms with Gasteiger partial charge < -0.3 is 15.0 Å². The number of carbonyl (C=O) groups excluding carboxylic acids is 1. The molecule has 0 atom stereocenters. The largest absolute Gasteiger partial charge is 0.490 e. The van der Waals surface area contributed by atoms with Crippen LogP contribution in [-0.4, -0.2) is 17.0 Å². The van der Waals surface area contributed by atoms with Crippen molar-refractivity contribution < 1.29 is 9.53 Å². The van der Waals surface area contributed by atoms with E-state index < -0.39 is 0 Å². The van der Waals surface area contributed by atoms with Crippen LogP contribution >= 0.6 is 23.6 Å². The van der Waals surface area contributed by atoms with Crippen LogP contribution in [0.15, 0.2) is 24.3 Å². The van der Waals surface area contributed by atoms with E-state index in [4.69, 9.17) is 17.0 Å². The molecular formula is C17H20N2O2S2. The maximum atomic E-state index is 12.1. The second-order valence-corrected chi connectivity index (χ2v) is 7.61. The number of benzene rings is 1. The molecule has 4 nitrogen and oxygen atoms in total. The van der Waals surface area contributed by atoms with Gasteiger partial charge in [0.2, 0.25) is 5.91 Å². The fourth-order valence-corrected chi connectivity index (χ4v) is 4.06. The summed E-state index contributed by atoms with van der Waals surface area (Å²) in [5.41, 5.74) is 1.75. The third-order valence-electron chi connectivity index (χ3n) is 3.99. The van der Waals surface area contributed by atoms with Crippen molar-refractivity contribution in [2.75, 3.05) is 5.32 Å². The molecular weight excluding hydrogens is 328 g/mol. The zero-order valence-corrected chi connectivity index (χ0v) is 14.7. The second-order valence-electron chi connectivity index (χ2n) is 5.84. The van der Waals surface area contributed by atoms with Crippen molar-refractivity contribution in [3.05, 3.63) is 38.8 Å². The molecule has 1 amide bonds. The summed E-state index contributed by atoms with van der Waals surface area (Å²) < 4.78 is 6.63. The fourth-order valence-electron chi connectivity index (χ4n) is 2.77. The van der Waals surface area contributed by atoms with Crippen LogP contribution in [-0.2, 0) is 11.2 Å². The predicted molar refractivity (Wildman–Crippen MR) is 95.9 cm³/mol. The Labute approximate surface area is 144 Å². The van der Waals surface area contributed by atoms with Crippen LogP contribution in [0, 0.1) is 10.9 Å². The van der Waals surface area contributed by atoms with E-state index in [-0.39, 0.29) is 5.91 Å². The van der Waals surface area contributed by atoms with Crippen molar-refractivity contribution in [1.29, 1.82) is 0 Å². The lowest BCUT2D eigenvalue weighted by atomic mass is 10.2. The monoisotopic (exact) mass is 348 g/mol. The van der Waals surface area contributed by atoms with Gasteiger partial charge in [-0.25, -0.2) is 0 Å². The molecule has 1 saturated carbocycles. The molecule has 1 aromatic carbocycles. The smallest absolute Gasteiger partial charge is 0.229 e. The minimum absolute atomic E-state index is 0.0391. The highest BCUT2D eigenvalue weighted by Crippen LogP contribution is 2.25. The van der Waals surface area contributed by atoms with Crippen molar-refractivity contribution in [1.82, 2.24) is 4.98 Å². The average molecular weight is 348 g/mol. The molecule has 0 spiro atoms. The zero-order valence-electron chi connectivity index (χ0n) is 13.1. The summed E-state index contributed by atoms with van der Waals surface area (Å²) in [7, 11) is 0. The van der Waals surface area contributed by atoms with Crippen LogP contribution in [0.3, 0.4) is 0 Å². The van der Waals surface area contributed by atoms with Crippen molar-refractivity contribution in [3.8, 4) is 5.75 Å². The zero-order chi connectivity index (χ0) is 16.2. The summed E-state index contributed by atoms with van der Waals surface area (Å²) in [6, 6.07) is 7.60. The Morgan fingerprint density at radius 2 is 2.04 bits per heavy atom. The van der Waals surface area contributed by atoms with E-state index in [1.165, 1.54) is 24.2 Å². The first kappa shape index (κ1) is 16.2. The van der Waals surface area contributed by atoms with Crippen molar-refractivity contribution in [2.24, 2.45) is 0 Å². The number of aromatic amines is 1. The standard InChI is InChI=1S/C17H20N2O2S2/c1-11-15(23-17(22)18-11)10-16(20)19-12-6-8-14(9-7-12)21-13-4-2-3-5-13/h6-9,13H,2-5,10H2,1H3,(H,18,22)(H,19,20). The van der Waals surface area contributed by atoms with E-state index in [0.717, 1.165) is 34.8 Å². The summed E-state index contributed by atoms with van der Waals surface area (Å²) >= 11 is 6.55. The van der Waals surface area contributed by atoms with Crippen molar-refractivity contribution in [2.45, 2.75) is 45.1 Å². The molecule has 1 aromatic heterocycles. The van der Waals surface area contributed by atoms with E-state index in [2.05, 4.69) is 10.3 Å². The molecule has 0 radical (unpaired) electrons. The summed E-state index contributed by atoms with van der Waals surface area (Å²) in [5.74, 6) is 0.831. The van der Waals surface area contributed by atoms with Gasteiger partial charge in [0.15, 0.2) is 3.95 Å². The highest BCUT2D eigenvalue weighted by molar-refractivity contribution is 7.73. The van der Waals surface area contributed by atoms with Gasteiger partial charge in [0.25, 0.3) is 0 Å². The lowest BCUT2D eigenvalue weighted by Crippen LogP contribution is -2.14. The van der Waals surface area contributed by atoms with Gasteiger partial charge in [0.1, 0.15) is 5.75 Å². The van der Waals surface area contributed by atoms with Gasteiger partial charge in [0.05, 0.1) is 12.5 Å². The molecule has 1 fully saturated rings. The van der Waals surface area contributed by atoms with Crippen molar-refractivity contribution in [3.63, 3.8) is 0 Å². The van der Waals surface area contributed by atoms with Gasteiger partial charge in [-0.1, -0.05) is 0 Å². The number of amides is 1. The summed E-state index contributed by atoms with van der Waals surface area (Å²) in [5, 5.41) is 2.91. The van der Waals surface area contributed by atoms with Gasteiger partial charge in [0, 0.05) is 16.3 Å². The molecule has 122 valence electrons. The van der Waals surface area contributed by atoms with E-state index in [9.17, 15) is 4.79 Å². The molecule has 1 aliphatic carbocycles. The van der Waals surface area contributed by atoms with Gasteiger partial charge >= 0.3 is 0 Å². The van der Waals surface area contributed by atoms with Crippen molar-refractivity contribution >= 4 is 35.1 Å². The molecule has 2 aromatic rings. The second kappa shape index (κ2) is 7.27. The number of rotatable bonds is 5. The van der Waals surface area contributed by atoms with Crippen LogP contribution < -0.4 is 10.1 Å². The molecule has 1 aliphatic rings. The van der Waals surface area contributed by atoms with E-state index in [1.54, 1.807) is 0 Å². The number of aryl methyl sites for hydroxylation is 1. The van der Waals surface area contributed by atoms with Gasteiger partial charge in [-0.2, -0.15) is 0 Å². The number of carbonyl (C=O) groups is 1. The molecule has 2 N–H and O–H groups in total. The number of ether oxygens (including phenoxy) is 1. The number of hydrogen-bond acceptors (Lipinski definition) is 4. The fraction of sp³-hybridized carbons (Fsp3) is 0.412. The Balaban J connectivity index is 1.56. The topological polar surface area (TPSA) is 54.1 Å². The molecule has 0 unspecified atom stereocenters. The lowest BCUT2D eigenvalue weighted by molar-refractivity contribution is -0.115. The predicted octanol–water partition coefficient (Wildman–Crippen LogP) is 4.62. The molecule has 3 rings (SSSR count). The normalized spacial score (nSPS) is 14.8. The number of H-pyrrole nitrogens is 1. The van der Waals surface area contributed by atoms with Gasteiger partial charge in [-0.15, -0.1) is 11.3 Å². The molecule has 6 heteroatoms.